The summed E-state index contributed by atoms with van der Waals surface area (Å²) in [7, 11) is 0. The number of hydrogen-bond donors (Lipinski definition) is 2. The summed E-state index contributed by atoms with van der Waals surface area (Å²) >= 11 is 5.75. The van der Waals surface area contributed by atoms with Crippen LogP contribution in [0.25, 0.3) is 0 Å². The molecule has 0 fully saturated rings. The van der Waals surface area contributed by atoms with Crippen LogP contribution in [0.3, 0.4) is 0 Å². The van der Waals surface area contributed by atoms with E-state index in [1.807, 2.05) is 0 Å². The molecule has 1 aromatic heterocycles. The van der Waals surface area contributed by atoms with Crippen molar-refractivity contribution in [2.24, 2.45) is 0 Å². The lowest BCUT2D eigenvalue weighted by molar-refractivity contribution is 0.102. The SMILES string of the molecule is Cc1cc(Cl)nc(NC(=O)c2ccc(F)cc2N)n1. The Morgan fingerprint density at radius 1 is 1.37 bits per heavy atom. The van der Waals surface area contributed by atoms with Gasteiger partial charge in [0.1, 0.15) is 11.0 Å². The monoisotopic (exact) mass is 280 g/mol. The first-order valence-corrected chi connectivity index (χ1v) is 5.71. The zero-order valence-electron chi connectivity index (χ0n) is 9.95. The van der Waals surface area contributed by atoms with Crippen molar-refractivity contribution in [1.82, 2.24) is 9.97 Å². The molecule has 0 radical (unpaired) electrons. The van der Waals surface area contributed by atoms with E-state index in [1.165, 1.54) is 6.07 Å². The normalized spacial score (nSPS) is 10.3. The maximum absolute atomic E-state index is 12.9. The number of nitrogens with one attached hydrogen (secondary N) is 1. The van der Waals surface area contributed by atoms with Gasteiger partial charge < -0.3 is 5.73 Å². The highest BCUT2D eigenvalue weighted by atomic mass is 35.5. The van der Waals surface area contributed by atoms with E-state index in [9.17, 15) is 9.18 Å². The molecule has 0 saturated heterocycles. The van der Waals surface area contributed by atoms with E-state index in [-0.39, 0.29) is 22.4 Å². The Morgan fingerprint density at radius 2 is 2.11 bits per heavy atom. The van der Waals surface area contributed by atoms with Gasteiger partial charge in [0.15, 0.2) is 0 Å². The third kappa shape index (κ3) is 3.17. The predicted octanol–water partition coefficient (Wildman–Crippen LogP) is 2.41. The minimum absolute atomic E-state index is 0.0382. The van der Waals surface area contributed by atoms with Crippen molar-refractivity contribution in [3.05, 3.63) is 46.5 Å². The Kier molecular flexibility index (Phi) is 3.62. The Hall–Kier alpha value is -2.21. The molecule has 2 aromatic rings. The van der Waals surface area contributed by atoms with Crippen molar-refractivity contribution in [3.8, 4) is 0 Å². The van der Waals surface area contributed by atoms with Crippen molar-refractivity contribution in [3.63, 3.8) is 0 Å². The molecule has 1 aromatic carbocycles. The number of rotatable bonds is 2. The number of anilines is 2. The number of benzene rings is 1. The van der Waals surface area contributed by atoms with Crippen molar-refractivity contribution in [2.45, 2.75) is 6.92 Å². The smallest absolute Gasteiger partial charge is 0.260 e. The molecule has 5 nitrogen and oxygen atoms in total. The van der Waals surface area contributed by atoms with Crippen LogP contribution in [-0.4, -0.2) is 15.9 Å². The number of nitrogens with two attached hydrogens (primary N) is 1. The molecular formula is C12H10ClFN4O. The number of halogens is 2. The van der Waals surface area contributed by atoms with Gasteiger partial charge in [0.2, 0.25) is 5.95 Å². The number of aryl methyl sites for hydroxylation is 1. The number of amides is 1. The largest absolute Gasteiger partial charge is 0.398 e. The highest BCUT2D eigenvalue weighted by Gasteiger charge is 2.12. The number of nitrogen functional groups attached to an aromatic ring is 1. The second-order valence-corrected chi connectivity index (χ2v) is 4.23. The molecule has 19 heavy (non-hydrogen) atoms. The maximum Gasteiger partial charge on any atom is 0.260 e. The van der Waals surface area contributed by atoms with Crippen LogP contribution in [0.15, 0.2) is 24.3 Å². The summed E-state index contributed by atoms with van der Waals surface area (Å²) in [5.74, 6) is -0.971. The van der Waals surface area contributed by atoms with Crippen LogP contribution in [0.5, 0.6) is 0 Å². The van der Waals surface area contributed by atoms with Gasteiger partial charge in [-0.3, -0.25) is 10.1 Å². The Bertz CT molecular complexity index is 627. The third-order valence-electron chi connectivity index (χ3n) is 2.31. The lowest BCUT2D eigenvalue weighted by atomic mass is 10.1. The van der Waals surface area contributed by atoms with E-state index in [0.717, 1.165) is 12.1 Å². The average molecular weight is 281 g/mol. The highest BCUT2D eigenvalue weighted by molar-refractivity contribution is 6.29. The fourth-order valence-electron chi connectivity index (χ4n) is 1.50. The zero-order chi connectivity index (χ0) is 14.0. The van der Waals surface area contributed by atoms with Crippen LogP contribution in [0.4, 0.5) is 16.0 Å². The average Bonchev–Trinajstić information content (AvgIpc) is 2.26. The van der Waals surface area contributed by atoms with Gasteiger partial charge in [-0.25, -0.2) is 14.4 Å². The number of carbonyl (C=O) groups is 1. The molecule has 0 aliphatic rings. The van der Waals surface area contributed by atoms with Gasteiger partial charge in [0.05, 0.1) is 5.56 Å². The van der Waals surface area contributed by atoms with E-state index >= 15 is 0 Å². The van der Waals surface area contributed by atoms with Crippen molar-refractivity contribution >= 4 is 29.1 Å². The van der Waals surface area contributed by atoms with Crippen LogP contribution < -0.4 is 11.1 Å². The highest BCUT2D eigenvalue weighted by Crippen LogP contribution is 2.16. The fraction of sp³-hybridized carbons (Fsp3) is 0.0833. The first-order chi connectivity index (χ1) is 8.95. The van der Waals surface area contributed by atoms with Gasteiger partial charge >= 0.3 is 0 Å². The molecule has 98 valence electrons. The Labute approximate surface area is 113 Å². The molecule has 1 amide bonds. The predicted molar refractivity (Wildman–Crippen MR) is 70.5 cm³/mol. The first kappa shape index (κ1) is 13.2. The molecule has 0 bridgehead atoms. The van der Waals surface area contributed by atoms with Crippen LogP contribution in [0.1, 0.15) is 16.1 Å². The number of nitrogens with zero attached hydrogens (tertiary/aromatic N) is 2. The summed E-state index contributed by atoms with van der Waals surface area (Å²) in [5.41, 5.74) is 6.36. The van der Waals surface area contributed by atoms with Gasteiger partial charge in [0.25, 0.3) is 5.91 Å². The van der Waals surface area contributed by atoms with Crippen LogP contribution in [-0.2, 0) is 0 Å². The lowest BCUT2D eigenvalue weighted by Crippen LogP contribution is -2.16. The minimum Gasteiger partial charge on any atom is -0.398 e. The molecule has 3 N–H and O–H groups in total. The summed E-state index contributed by atoms with van der Waals surface area (Å²) in [5, 5.41) is 2.67. The summed E-state index contributed by atoms with van der Waals surface area (Å²) in [6, 6.07) is 5.06. The van der Waals surface area contributed by atoms with E-state index in [0.29, 0.717) is 5.69 Å². The van der Waals surface area contributed by atoms with Gasteiger partial charge in [0, 0.05) is 11.4 Å². The second kappa shape index (κ2) is 5.19. The molecule has 1 heterocycles. The number of hydrogen-bond acceptors (Lipinski definition) is 4. The van der Waals surface area contributed by atoms with Crippen molar-refractivity contribution < 1.29 is 9.18 Å². The van der Waals surface area contributed by atoms with Crippen LogP contribution in [0, 0.1) is 12.7 Å². The van der Waals surface area contributed by atoms with Crippen molar-refractivity contribution in [2.75, 3.05) is 11.1 Å². The Morgan fingerprint density at radius 3 is 2.74 bits per heavy atom. The van der Waals surface area contributed by atoms with E-state index in [2.05, 4.69) is 15.3 Å². The fourth-order valence-corrected chi connectivity index (χ4v) is 1.73. The maximum atomic E-state index is 12.9. The van der Waals surface area contributed by atoms with Crippen LogP contribution >= 0.6 is 11.6 Å². The topological polar surface area (TPSA) is 80.9 Å². The minimum atomic E-state index is -0.529. The molecule has 0 spiro atoms. The lowest BCUT2D eigenvalue weighted by Gasteiger charge is -2.07. The summed E-state index contributed by atoms with van der Waals surface area (Å²) < 4.78 is 12.9. The quantitative estimate of drug-likeness (QED) is 0.654. The van der Waals surface area contributed by atoms with E-state index in [4.69, 9.17) is 17.3 Å². The van der Waals surface area contributed by atoms with E-state index < -0.39 is 11.7 Å². The summed E-state index contributed by atoms with van der Waals surface area (Å²) in [6.45, 7) is 1.72. The van der Waals surface area contributed by atoms with Gasteiger partial charge in [-0.15, -0.1) is 0 Å². The third-order valence-corrected chi connectivity index (χ3v) is 2.50. The van der Waals surface area contributed by atoms with Gasteiger partial charge in [-0.2, -0.15) is 0 Å². The zero-order valence-corrected chi connectivity index (χ0v) is 10.7. The standard InChI is InChI=1S/C12H10ClFN4O/c1-6-4-10(13)17-12(16-6)18-11(19)8-3-2-7(14)5-9(8)15/h2-5H,15H2,1H3,(H,16,17,18,19). The molecule has 0 atom stereocenters. The summed E-state index contributed by atoms with van der Waals surface area (Å²) in [4.78, 5) is 19.8. The molecule has 0 saturated carbocycles. The molecule has 0 aliphatic carbocycles. The number of carbonyl (C=O) groups excluding carboxylic acids is 1. The molecule has 0 aliphatic heterocycles. The molecule has 7 heteroatoms. The van der Waals surface area contributed by atoms with Crippen molar-refractivity contribution in [1.29, 1.82) is 0 Å². The molecular weight excluding hydrogens is 271 g/mol. The second-order valence-electron chi connectivity index (χ2n) is 3.84. The van der Waals surface area contributed by atoms with Gasteiger partial charge in [-0.1, -0.05) is 11.6 Å². The Balaban J connectivity index is 2.25. The summed E-state index contributed by atoms with van der Waals surface area (Å²) in [6.07, 6.45) is 0. The number of aromatic nitrogens is 2. The molecule has 2 rings (SSSR count). The van der Waals surface area contributed by atoms with E-state index in [1.54, 1.807) is 13.0 Å². The first-order valence-electron chi connectivity index (χ1n) is 5.33. The van der Waals surface area contributed by atoms with Gasteiger partial charge in [-0.05, 0) is 31.2 Å². The van der Waals surface area contributed by atoms with Crippen LogP contribution in [0.2, 0.25) is 5.15 Å². The molecule has 0 unspecified atom stereocenters.